The Bertz CT molecular complexity index is 910. The van der Waals surface area contributed by atoms with Crippen LogP contribution in [0.25, 0.3) is 10.2 Å². The molecule has 0 unspecified atom stereocenters. The minimum atomic E-state index is -0.189. The van der Waals surface area contributed by atoms with Gasteiger partial charge in [-0.3, -0.25) is 9.59 Å². The van der Waals surface area contributed by atoms with Crippen molar-refractivity contribution in [3.63, 3.8) is 0 Å². The van der Waals surface area contributed by atoms with Crippen molar-refractivity contribution in [2.45, 2.75) is 11.3 Å². The molecule has 3 aromatic rings. The first-order valence-corrected chi connectivity index (χ1v) is 9.54. The van der Waals surface area contributed by atoms with Crippen LogP contribution in [0.15, 0.2) is 46.8 Å². The highest BCUT2D eigenvalue weighted by Crippen LogP contribution is 2.30. The van der Waals surface area contributed by atoms with E-state index in [1.54, 1.807) is 29.5 Å². The van der Waals surface area contributed by atoms with Crippen molar-refractivity contribution < 1.29 is 9.59 Å². The van der Waals surface area contributed by atoms with Gasteiger partial charge < -0.3 is 10.6 Å². The molecule has 1 aromatic heterocycles. The molecular formula is C17H14ClN3O2S2. The minimum absolute atomic E-state index is 0.189. The van der Waals surface area contributed by atoms with Crippen molar-refractivity contribution >= 4 is 68.1 Å². The number of nitrogens with zero attached hydrogens (tertiary/aromatic N) is 1. The van der Waals surface area contributed by atoms with Crippen LogP contribution in [0.3, 0.4) is 0 Å². The molecule has 0 aliphatic carbocycles. The van der Waals surface area contributed by atoms with Crippen molar-refractivity contribution in [1.82, 2.24) is 4.98 Å². The van der Waals surface area contributed by atoms with Crippen LogP contribution >= 0.6 is 34.7 Å². The van der Waals surface area contributed by atoms with Crippen LogP contribution in [0, 0.1) is 0 Å². The van der Waals surface area contributed by atoms with Crippen LogP contribution in [-0.2, 0) is 9.59 Å². The van der Waals surface area contributed by atoms with Crippen molar-refractivity contribution in [2.24, 2.45) is 0 Å². The molecule has 0 aliphatic rings. The molecule has 0 aliphatic heterocycles. The van der Waals surface area contributed by atoms with Gasteiger partial charge in [0.1, 0.15) is 0 Å². The summed E-state index contributed by atoms with van der Waals surface area (Å²) in [5.74, 6) is -0.155. The lowest BCUT2D eigenvalue weighted by molar-refractivity contribution is -0.114. The van der Waals surface area contributed by atoms with E-state index in [0.29, 0.717) is 16.4 Å². The molecule has 25 heavy (non-hydrogen) atoms. The van der Waals surface area contributed by atoms with Gasteiger partial charge in [-0.05, 0) is 30.3 Å². The van der Waals surface area contributed by atoms with E-state index in [4.69, 9.17) is 11.6 Å². The smallest absolute Gasteiger partial charge is 0.234 e. The summed E-state index contributed by atoms with van der Waals surface area (Å²) in [6.45, 7) is 1.42. The monoisotopic (exact) mass is 391 g/mol. The van der Waals surface area contributed by atoms with Crippen LogP contribution in [0.4, 0.5) is 11.4 Å². The van der Waals surface area contributed by atoms with E-state index < -0.39 is 0 Å². The molecule has 2 N–H and O–H groups in total. The number of thioether (sulfide) groups is 1. The van der Waals surface area contributed by atoms with Crippen molar-refractivity contribution in [1.29, 1.82) is 0 Å². The Morgan fingerprint density at radius 2 is 2.00 bits per heavy atom. The first kappa shape index (κ1) is 17.7. The van der Waals surface area contributed by atoms with E-state index in [0.717, 1.165) is 14.6 Å². The Kier molecular flexibility index (Phi) is 5.57. The van der Waals surface area contributed by atoms with E-state index in [1.165, 1.54) is 18.7 Å². The van der Waals surface area contributed by atoms with E-state index in [1.807, 2.05) is 24.3 Å². The SMILES string of the molecule is CC(=O)Nc1ccc(Cl)c(NC(=O)CSc2nc3ccccc3s2)c1. The van der Waals surface area contributed by atoms with Crippen molar-refractivity contribution in [3.8, 4) is 0 Å². The van der Waals surface area contributed by atoms with E-state index >= 15 is 0 Å². The third-order valence-corrected chi connectivity index (χ3v) is 5.67. The number of halogens is 1. The quantitative estimate of drug-likeness (QED) is 0.621. The van der Waals surface area contributed by atoms with Gasteiger partial charge in [0, 0.05) is 12.6 Å². The van der Waals surface area contributed by atoms with Crippen LogP contribution < -0.4 is 10.6 Å². The number of para-hydroxylation sites is 1. The lowest BCUT2D eigenvalue weighted by Gasteiger charge is -2.09. The number of fused-ring (bicyclic) bond motifs is 1. The van der Waals surface area contributed by atoms with Gasteiger partial charge in [0.25, 0.3) is 0 Å². The van der Waals surface area contributed by atoms with E-state index in [-0.39, 0.29) is 17.6 Å². The lowest BCUT2D eigenvalue weighted by Crippen LogP contribution is -2.15. The Labute approximate surface area is 157 Å². The largest absolute Gasteiger partial charge is 0.326 e. The molecule has 0 radical (unpaired) electrons. The summed E-state index contributed by atoms with van der Waals surface area (Å²) in [6.07, 6.45) is 0. The van der Waals surface area contributed by atoms with Crippen LogP contribution in [-0.4, -0.2) is 22.6 Å². The van der Waals surface area contributed by atoms with E-state index in [2.05, 4.69) is 15.6 Å². The predicted octanol–water partition coefficient (Wildman–Crippen LogP) is 4.64. The van der Waals surface area contributed by atoms with Gasteiger partial charge >= 0.3 is 0 Å². The summed E-state index contributed by atoms with van der Waals surface area (Å²) >= 11 is 9.04. The second kappa shape index (κ2) is 7.86. The molecule has 0 saturated carbocycles. The van der Waals surface area contributed by atoms with Gasteiger partial charge in [0.2, 0.25) is 11.8 Å². The summed E-state index contributed by atoms with van der Waals surface area (Å²) in [7, 11) is 0. The Morgan fingerprint density at radius 3 is 2.76 bits per heavy atom. The van der Waals surface area contributed by atoms with Gasteiger partial charge in [0.15, 0.2) is 4.34 Å². The molecule has 128 valence electrons. The van der Waals surface area contributed by atoms with Gasteiger partial charge in [-0.25, -0.2) is 4.98 Å². The first-order chi connectivity index (χ1) is 12.0. The number of nitrogens with one attached hydrogen (secondary N) is 2. The average molecular weight is 392 g/mol. The number of carbonyl (C=O) groups excluding carboxylic acids is 2. The number of rotatable bonds is 5. The Hall–Kier alpha value is -2.09. The van der Waals surface area contributed by atoms with Crippen molar-refractivity contribution in [3.05, 3.63) is 47.5 Å². The molecule has 0 saturated heterocycles. The number of thiazole rings is 1. The summed E-state index contributed by atoms with van der Waals surface area (Å²) in [5, 5.41) is 5.83. The number of hydrogen-bond donors (Lipinski definition) is 2. The molecule has 8 heteroatoms. The second-order valence-electron chi connectivity index (χ2n) is 5.16. The molecule has 2 amide bonds. The fourth-order valence-corrected chi connectivity index (χ4v) is 4.16. The maximum absolute atomic E-state index is 12.2. The summed E-state index contributed by atoms with van der Waals surface area (Å²) in [5.41, 5.74) is 1.97. The molecule has 0 spiro atoms. The van der Waals surface area contributed by atoms with E-state index in [9.17, 15) is 9.59 Å². The fourth-order valence-electron chi connectivity index (χ4n) is 2.13. The molecule has 5 nitrogen and oxygen atoms in total. The second-order valence-corrected chi connectivity index (χ2v) is 7.82. The number of anilines is 2. The van der Waals surface area contributed by atoms with Crippen LogP contribution in [0.1, 0.15) is 6.92 Å². The third-order valence-electron chi connectivity index (χ3n) is 3.16. The minimum Gasteiger partial charge on any atom is -0.326 e. The number of amides is 2. The average Bonchev–Trinajstić information content (AvgIpc) is 2.98. The molecular weight excluding hydrogens is 378 g/mol. The van der Waals surface area contributed by atoms with Gasteiger partial charge in [-0.15, -0.1) is 11.3 Å². The number of hydrogen-bond acceptors (Lipinski definition) is 5. The van der Waals surface area contributed by atoms with Gasteiger partial charge in [-0.2, -0.15) is 0 Å². The molecule has 1 heterocycles. The van der Waals surface area contributed by atoms with Gasteiger partial charge in [0.05, 0.1) is 26.7 Å². The molecule has 2 aromatic carbocycles. The summed E-state index contributed by atoms with van der Waals surface area (Å²) in [6, 6.07) is 12.8. The number of carbonyl (C=O) groups is 2. The fraction of sp³-hybridized carbons (Fsp3) is 0.118. The number of aromatic nitrogens is 1. The molecule has 3 rings (SSSR count). The first-order valence-electron chi connectivity index (χ1n) is 7.36. The highest BCUT2D eigenvalue weighted by molar-refractivity contribution is 8.01. The van der Waals surface area contributed by atoms with Gasteiger partial charge in [-0.1, -0.05) is 35.5 Å². The molecule has 0 atom stereocenters. The topological polar surface area (TPSA) is 71.1 Å². The predicted molar refractivity (Wildman–Crippen MR) is 105 cm³/mol. The number of benzene rings is 2. The molecule has 0 bridgehead atoms. The zero-order valence-electron chi connectivity index (χ0n) is 13.2. The summed E-state index contributed by atoms with van der Waals surface area (Å²) in [4.78, 5) is 27.8. The highest BCUT2D eigenvalue weighted by Gasteiger charge is 2.10. The maximum Gasteiger partial charge on any atom is 0.234 e. The zero-order valence-corrected chi connectivity index (χ0v) is 15.6. The standard InChI is InChI=1S/C17H14ClN3O2S2/c1-10(22)19-11-6-7-12(18)14(8-11)20-16(23)9-24-17-21-13-4-2-3-5-15(13)25-17/h2-8H,9H2,1H3,(H,19,22)(H,20,23). The maximum atomic E-state index is 12.2. The highest BCUT2D eigenvalue weighted by atomic mass is 35.5. The lowest BCUT2D eigenvalue weighted by atomic mass is 10.2. The Balaban J connectivity index is 1.63. The Morgan fingerprint density at radius 1 is 1.20 bits per heavy atom. The molecule has 0 fully saturated rings. The third kappa shape index (κ3) is 4.72. The van der Waals surface area contributed by atoms with Crippen LogP contribution in [0.2, 0.25) is 5.02 Å². The van der Waals surface area contributed by atoms with Crippen molar-refractivity contribution in [2.75, 3.05) is 16.4 Å². The summed E-state index contributed by atoms with van der Waals surface area (Å²) < 4.78 is 1.94. The zero-order chi connectivity index (χ0) is 17.8. The van der Waals surface area contributed by atoms with Crippen LogP contribution in [0.5, 0.6) is 0 Å². The normalized spacial score (nSPS) is 10.6.